The minimum absolute atomic E-state index is 0. The first-order valence-electron chi connectivity index (χ1n) is 7.50. The second-order valence-electron chi connectivity index (χ2n) is 5.39. The average molecular weight is 431 g/mol. The van der Waals surface area contributed by atoms with E-state index >= 15 is 0 Å². The van der Waals surface area contributed by atoms with E-state index in [0.717, 1.165) is 0 Å². The molecule has 10 heteroatoms. The number of halogens is 5. The van der Waals surface area contributed by atoms with E-state index in [4.69, 9.17) is 5.73 Å². The van der Waals surface area contributed by atoms with Gasteiger partial charge in [0.2, 0.25) is 0 Å². The number of fused-ring (bicyclic) bond motifs is 1. The Hall–Kier alpha value is -2.84. The molecule has 28 heavy (non-hydrogen) atoms. The Labute approximate surface area is 170 Å². The molecule has 3 rings (SSSR count). The summed E-state index contributed by atoms with van der Waals surface area (Å²) in [7, 11) is 1.51. The van der Waals surface area contributed by atoms with Crippen molar-refractivity contribution in [1.82, 2.24) is 10.3 Å². The van der Waals surface area contributed by atoms with E-state index in [1.807, 2.05) is 0 Å². The van der Waals surface area contributed by atoms with Crippen molar-refractivity contribution in [3.05, 3.63) is 65.6 Å². The van der Waals surface area contributed by atoms with E-state index in [1.54, 1.807) is 0 Å². The summed E-state index contributed by atoms with van der Waals surface area (Å²) < 4.78 is 41.6. The predicted octanol–water partition coefficient (Wildman–Crippen LogP) is 3.84. The number of carbonyl (C=O) groups is 1. The highest BCUT2D eigenvalue weighted by Crippen LogP contribution is 2.32. The van der Waals surface area contributed by atoms with Gasteiger partial charge in [-0.15, -0.1) is 24.8 Å². The highest BCUT2D eigenvalue weighted by Gasteiger charge is 2.17. The second kappa shape index (κ2) is 9.38. The van der Waals surface area contributed by atoms with E-state index in [-0.39, 0.29) is 41.9 Å². The van der Waals surface area contributed by atoms with Crippen molar-refractivity contribution in [2.45, 2.75) is 0 Å². The van der Waals surface area contributed by atoms with Crippen molar-refractivity contribution in [3.63, 3.8) is 0 Å². The smallest absolute Gasteiger partial charge is 0.280 e. The van der Waals surface area contributed by atoms with Crippen LogP contribution in [0.15, 0.2) is 47.6 Å². The molecule has 0 aliphatic carbocycles. The largest absolute Gasteiger partial charge is 0.370 e. The van der Waals surface area contributed by atoms with Crippen molar-refractivity contribution in [2.24, 2.45) is 10.7 Å². The van der Waals surface area contributed by atoms with Gasteiger partial charge in [-0.05, 0) is 29.8 Å². The van der Waals surface area contributed by atoms with Crippen molar-refractivity contribution in [3.8, 4) is 11.1 Å². The first-order chi connectivity index (χ1) is 12.4. The summed E-state index contributed by atoms with van der Waals surface area (Å²) >= 11 is 0. The number of benzene rings is 2. The number of guanidine groups is 1. The molecule has 0 aliphatic rings. The van der Waals surface area contributed by atoms with Crippen LogP contribution in [-0.2, 0) is 0 Å². The van der Waals surface area contributed by atoms with Gasteiger partial charge in [0.15, 0.2) is 5.96 Å². The molecule has 5 nitrogen and oxygen atoms in total. The number of hydrogen-bond acceptors (Lipinski definition) is 2. The van der Waals surface area contributed by atoms with Crippen LogP contribution in [0.3, 0.4) is 0 Å². The second-order valence-corrected chi connectivity index (χ2v) is 5.39. The SMILES string of the molecule is CN/C(N)=N/C(=O)c1ccc2nccc(-c3c(F)cc(F)cc3F)c2c1.Cl.Cl. The summed E-state index contributed by atoms with van der Waals surface area (Å²) in [5, 5.41) is 2.84. The summed E-state index contributed by atoms with van der Waals surface area (Å²) in [4.78, 5) is 19.9. The van der Waals surface area contributed by atoms with Gasteiger partial charge in [-0.25, -0.2) is 13.2 Å². The summed E-state index contributed by atoms with van der Waals surface area (Å²) in [5.74, 6) is -3.83. The Bertz CT molecular complexity index is 1040. The molecular weight excluding hydrogens is 416 g/mol. The Kier molecular flexibility index (Phi) is 7.78. The van der Waals surface area contributed by atoms with Crippen LogP contribution in [0.4, 0.5) is 13.2 Å². The van der Waals surface area contributed by atoms with E-state index in [9.17, 15) is 18.0 Å². The molecule has 3 N–H and O–H groups in total. The first-order valence-corrected chi connectivity index (χ1v) is 7.50. The molecule has 1 heterocycles. The number of pyridine rings is 1. The van der Waals surface area contributed by atoms with Crippen LogP contribution in [0.5, 0.6) is 0 Å². The van der Waals surface area contributed by atoms with Crippen LogP contribution in [0.1, 0.15) is 10.4 Å². The molecule has 3 aromatic rings. The van der Waals surface area contributed by atoms with Crippen molar-refractivity contribution in [2.75, 3.05) is 7.05 Å². The van der Waals surface area contributed by atoms with Crippen molar-refractivity contribution >= 4 is 47.6 Å². The van der Waals surface area contributed by atoms with Crippen LogP contribution in [0, 0.1) is 17.5 Å². The van der Waals surface area contributed by atoms with E-state index in [1.165, 1.54) is 37.5 Å². The van der Waals surface area contributed by atoms with Gasteiger partial charge in [-0.2, -0.15) is 4.99 Å². The van der Waals surface area contributed by atoms with Crippen molar-refractivity contribution < 1.29 is 18.0 Å². The Balaban J connectivity index is 0.00000196. The molecule has 0 saturated heterocycles. The number of aromatic nitrogens is 1. The lowest BCUT2D eigenvalue weighted by Crippen LogP contribution is -2.28. The van der Waals surface area contributed by atoms with Gasteiger partial charge in [0.1, 0.15) is 17.5 Å². The van der Waals surface area contributed by atoms with Crippen LogP contribution in [0.25, 0.3) is 22.0 Å². The fourth-order valence-corrected chi connectivity index (χ4v) is 2.53. The number of carbonyl (C=O) groups excluding carboxylic acids is 1. The third-order valence-electron chi connectivity index (χ3n) is 3.74. The molecule has 0 aliphatic heterocycles. The number of hydrogen-bond donors (Lipinski definition) is 2. The van der Waals surface area contributed by atoms with Gasteiger partial charge in [0, 0.05) is 36.3 Å². The van der Waals surface area contributed by atoms with Crippen molar-refractivity contribution in [1.29, 1.82) is 0 Å². The molecule has 0 saturated carbocycles. The Morgan fingerprint density at radius 2 is 1.71 bits per heavy atom. The normalized spacial score (nSPS) is 10.8. The van der Waals surface area contributed by atoms with Crippen LogP contribution >= 0.6 is 24.8 Å². The van der Waals surface area contributed by atoms with Gasteiger partial charge in [-0.3, -0.25) is 9.78 Å². The minimum Gasteiger partial charge on any atom is -0.370 e. The summed E-state index contributed by atoms with van der Waals surface area (Å²) in [5.41, 5.74) is 5.78. The summed E-state index contributed by atoms with van der Waals surface area (Å²) in [6, 6.07) is 6.99. The van der Waals surface area contributed by atoms with E-state index in [2.05, 4.69) is 15.3 Å². The topological polar surface area (TPSA) is 80.4 Å². The molecule has 0 spiro atoms. The Morgan fingerprint density at radius 3 is 2.32 bits per heavy atom. The third kappa shape index (κ3) is 4.52. The molecule has 1 amide bonds. The summed E-state index contributed by atoms with van der Waals surface area (Å²) in [6.45, 7) is 0. The quantitative estimate of drug-likeness (QED) is 0.478. The van der Waals surface area contributed by atoms with Gasteiger partial charge in [-0.1, -0.05) is 0 Å². The fraction of sp³-hybridized carbons (Fsp3) is 0.0556. The average Bonchev–Trinajstić information content (AvgIpc) is 2.60. The zero-order valence-electron chi connectivity index (χ0n) is 14.4. The Morgan fingerprint density at radius 1 is 1.07 bits per heavy atom. The molecule has 0 radical (unpaired) electrons. The van der Waals surface area contributed by atoms with Gasteiger partial charge in [0.25, 0.3) is 5.91 Å². The summed E-state index contributed by atoms with van der Waals surface area (Å²) in [6.07, 6.45) is 1.37. The number of nitrogens with zero attached hydrogens (tertiary/aromatic N) is 2. The van der Waals surface area contributed by atoms with Gasteiger partial charge >= 0.3 is 0 Å². The predicted molar refractivity (Wildman–Crippen MR) is 107 cm³/mol. The van der Waals surface area contributed by atoms with E-state index < -0.39 is 28.9 Å². The number of rotatable bonds is 2. The maximum absolute atomic E-state index is 14.2. The van der Waals surface area contributed by atoms with Crippen LogP contribution in [-0.4, -0.2) is 23.9 Å². The lowest BCUT2D eigenvalue weighted by Gasteiger charge is -2.10. The third-order valence-corrected chi connectivity index (χ3v) is 3.74. The highest BCUT2D eigenvalue weighted by atomic mass is 35.5. The van der Waals surface area contributed by atoms with Crippen LogP contribution in [0.2, 0.25) is 0 Å². The highest BCUT2D eigenvalue weighted by molar-refractivity contribution is 6.06. The minimum atomic E-state index is -1.05. The monoisotopic (exact) mass is 430 g/mol. The lowest BCUT2D eigenvalue weighted by atomic mass is 9.98. The van der Waals surface area contributed by atoms with E-state index in [0.29, 0.717) is 23.0 Å². The number of aliphatic imine (C=N–C) groups is 1. The van der Waals surface area contributed by atoms with Gasteiger partial charge < -0.3 is 11.1 Å². The first kappa shape index (κ1) is 23.2. The molecule has 0 unspecified atom stereocenters. The number of nitrogens with two attached hydrogens (primary N) is 1. The molecule has 0 atom stereocenters. The van der Waals surface area contributed by atoms with Gasteiger partial charge in [0.05, 0.1) is 11.1 Å². The standard InChI is InChI=1S/C18H13F3N4O.2ClH/c1-23-18(22)25-17(26)9-2-3-15-12(6-9)11(4-5-24-15)16-13(20)7-10(19)8-14(16)21;;/h2-8H,1H3,(H3,22,23,25,26);2*1H. The zero-order valence-corrected chi connectivity index (χ0v) is 16.0. The number of amides is 1. The molecule has 0 fully saturated rings. The zero-order chi connectivity index (χ0) is 18.8. The number of nitrogens with one attached hydrogen (secondary N) is 1. The fourth-order valence-electron chi connectivity index (χ4n) is 2.53. The molecular formula is C18H15Cl2F3N4O. The van der Waals surface area contributed by atoms with Crippen LogP contribution < -0.4 is 11.1 Å². The molecule has 0 bridgehead atoms. The maximum atomic E-state index is 14.2. The molecule has 1 aromatic heterocycles. The molecule has 148 valence electrons. The lowest BCUT2D eigenvalue weighted by molar-refractivity contribution is 0.100. The maximum Gasteiger partial charge on any atom is 0.280 e. The molecule has 2 aromatic carbocycles.